The summed E-state index contributed by atoms with van der Waals surface area (Å²) in [6.07, 6.45) is 0. The summed E-state index contributed by atoms with van der Waals surface area (Å²) in [6.45, 7) is 0.623. The minimum atomic E-state index is -0.768. The zero-order chi connectivity index (χ0) is 17.5. The number of halogens is 2. The third-order valence-corrected chi connectivity index (χ3v) is 3.66. The highest BCUT2D eigenvalue weighted by Crippen LogP contribution is 2.13. The van der Waals surface area contributed by atoms with Crippen molar-refractivity contribution in [1.29, 1.82) is 0 Å². The second-order valence-electron chi connectivity index (χ2n) is 5.38. The Morgan fingerprint density at radius 3 is 2.50 bits per heavy atom. The van der Waals surface area contributed by atoms with E-state index >= 15 is 0 Å². The molecular weight excluding hydrogens is 333 g/mol. The Morgan fingerprint density at radius 2 is 1.79 bits per heavy atom. The third kappa shape index (κ3) is 5.33. The van der Waals surface area contributed by atoms with E-state index in [1.54, 1.807) is 12.1 Å². The average molecular weight is 351 g/mol. The Labute approximate surface area is 144 Å². The number of carbonyl (C=O) groups is 2. The van der Waals surface area contributed by atoms with E-state index in [2.05, 4.69) is 10.6 Å². The Morgan fingerprint density at radius 1 is 1.12 bits per heavy atom. The van der Waals surface area contributed by atoms with Gasteiger partial charge in [-0.15, -0.1) is 0 Å². The van der Waals surface area contributed by atoms with Crippen LogP contribution in [0.3, 0.4) is 0 Å². The highest BCUT2D eigenvalue weighted by atomic mass is 35.5. The number of benzene rings is 2. The molecule has 0 radical (unpaired) electrons. The summed E-state index contributed by atoms with van der Waals surface area (Å²) in [4.78, 5) is 24.5. The first kappa shape index (κ1) is 17.9. The van der Waals surface area contributed by atoms with Crippen molar-refractivity contribution in [2.45, 2.75) is 6.54 Å². The largest absolute Gasteiger partial charge is 0.326 e. The monoisotopic (exact) mass is 350 g/mol. The molecule has 2 aromatic carbocycles. The molecule has 0 heterocycles. The van der Waals surface area contributed by atoms with Gasteiger partial charge in [0.25, 0.3) is 5.91 Å². The maximum atomic E-state index is 13.4. The van der Waals surface area contributed by atoms with Gasteiger partial charge in [0.15, 0.2) is 6.54 Å². The molecule has 7 heteroatoms. The molecule has 126 valence electrons. The first-order chi connectivity index (χ1) is 11.5. The van der Waals surface area contributed by atoms with Crippen molar-refractivity contribution >= 4 is 29.2 Å². The van der Waals surface area contributed by atoms with Gasteiger partial charge in [0.05, 0.1) is 12.7 Å². The van der Waals surface area contributed by atoms with Crippen LogP contribution in [0.1, 0.15) is 5.56 Å². The Hall–Kier alpha value is -2.44. The van der Waals surface area contributed by atoms with Crippen LogP contribution in [-0.4, -0.2) is 25.5 Å². The number of rotatable bonds is 5. The molecule has 0 aliphatic heterocycles. The molecule has 0 saturated heterocycles. The van der Waals surface area contributed by atoms with Crippen molar-refractivity contribution < 1.29 is 18.9 Å². The van der Waals surface area contributed by atoms with Crippen molar-refractivity contribution in [2.75, 3.05) is 18.9 Å². The summed E-state index contributed by atoms with van der Waals surface area (Å²) in [5.41, 5.74) is 0.930. The lowest BCUT2D eigenvalue weighted by atomic mass is 10.2. The van der Waals surface area contributed by atoms with Gasteiger partial charge in [-0.1, -0.05) is 41.9 Å². The highest BCUT2D eigenvalue weighted by Gasteiger charge is 2.15. The lowest BCUT2D eigenvalue weighted by molar-refractivity contribution is -0.885. The zero-order valence-corrected chi connectivity index (χ0v) is 13.9. The number of anilines is 1. The molecule has 0 fully saturated rings. The lowest BCUT2D eigenvalue weighted by Crippen LogP contribution is -3.09. The van der Waals surface area contributed by atoms with Gasteiger partial charge in [-0.25, -0.2) is 9.18 Å². The van der Waals surface area contributed by atoms with Crippen LogP contribution in [0.15, 0.2) is 48.5 Å². The maximum absolute atomic E-state index is 13.4. The third-order valence-electron chi connectivity index (χ3n) is 3.29. The summed E-state index contributed by atoms with van der Waals surface area (Å²) in [6, 6.07) is 12.3. The molecule has 1 atom stereocenters. The smallest absolute Gasteiger partial charge is 0.326 e. The van der Waals surface area contributed by atoms with Crippen LogP contribution < -0.4 is 15.5 Å². The Balaban J connectivity index is 1.83. The van der Waals surface area contributed by atoms with Gasteiger partial charge in [0.2, 0.25) is 0 Å². The van der Waals surface area contributed by atoms with Gasteiger partial charge >= 0.3 is 6.03 Å². The molecule has 0 bridgehead atoms. The fraction of sp³-hybridized carbons (Fsp3) is 0.176. The topological polar surface area (TPSA) is 62.6 Å². The molecule has 0 aliphatic carbocycles. The van der Waals surface area contributed by atoms with E-state index in [0.29, 0.717) is 11.6 Å². The minimum absolute atomic E-state index is 0.0135. The number of hydrogen-bond acceptors (Lipinski definition) is 2. The van der Waals surface area contributed by atoms with Crippen LogP contribution in [-0.2, 0) is 11.3 Å². The molecule has 0 spiro atoms. The fourth-order valence-corrected chi connectivity index (χ4v) is 2.39. The lowest BCUT2D eigenvalue weighted by Gasteiger charge is -2.14. The number of likely N-dealkylation sites (N-methyl/N-ethyl adjacent to an activating group) is 1. The first-order valence-corrected chi connectivity index (χ1v) is 7.73. The molecule has 2 rings (SSSR count). The van der Waals surface area contributed by atoms with Gasteiger partial charge in [0.1, 0.15) is 12.4 Å². The number of imide groups is 1. The number of carbonyl (C=O) groups excluding carboxylic acids is 2. The molecule has 3 N–H and O–H groups in total. The van der Waals surface area contributed by atoms with E-state index in [1.807, 2.05) is 25.2 Å². The van der Waals surface area contributed by atoms with Crippen LogP contribution in [0, 0.1) is 5.82 Å². The average Bonchev–Trinajstić information content (AvgIpc) is 2.51. The summed E-state index contributed by atoms with van der Waals surface area (Å²) in [5.74, 6) is -1.03. The molecule has 0 aliphatic rings. The molecule has 3 amide bonds. The van der Waals surface area contributed by atoms with E-state index in [0.717, 1.165) is 10.5 Å². The van der Waals surface area contributed by atoms with Crippen molar-refractivity contribution in [3.8, 4) is 0 Å². The molecule has 2 aromatic rings. The van der Waals surface area contributed by atoms with Crippen molar-refractivity contribution in [2.24, 2.45) is 0 Å². The number of amides is 3. The molecule has 0 aromatic heterocycles. The molecule has 0 saturated carbocycles. The van der Waals surface area contributed by atoms with Crippen LogP contribution in [0.25, 0.3) is 0 Å². The quantitative estimate of drug-likeness (QED) is 0.770. The second kappa shape index (κ2) is 8.42. The van der Waals surface area contributed by atoms with Crippen LogP contribution >= 0.6 is 11.6 Å². The van der Waals surface area contributed by atoms with Gasteiger partial charge in [-0.2, -0.15) is 0 Å². The predicted octanol–water partition coefficient (Wildman–Crippen LogP) is 1.84. The minimum Gasteiger partial charge on any atom is -0.326 e. The van der Waals surface area contributed by atoms with Gasteiger partial charge in [-0.05, 0) is 18.2 Å². The molecule has 5 nitrogen and oxygen atoms in total. The van der Waals surface area contributed by atoms with Crippen LogP contribution in [0.2, 0.25) is 5.02 Å². The summed E-state index contributed by atoms with van der Waals surface area (Å²) < 4.78 is 13.4. The number of nitrogens with one attached hydrogen (secondary N) is 3. The van der Waals surface area contributed by atoms with Crippen molar-refractivity contribution in [3.05, 3.63) is 64.9 Å². The van der Waals surface area contributed by atoms with E-state index in [4.69, 9.17) is 11.6 Å². The summed E-state index contributed by atoms with van der Waals surface area (Å²) in [7, 11) is 1.82. The van der Waals surface area contributed by atoms with Crippen molar-refractivity contribution in [1.82, 2.24) is 5.32 Å². The maximum Gasteiger partial charge on any atom is 0.326 e. The second-order valence-corrected chi connectivity index (χ2v) is 5.79. The van der Waals surface area contributed by atoms with Crippen LogP contribution in [0.5, 0.6) is 0 Å². The zero-order valence-electron chi connectivity index (χ0n) is 13.1. The van der Waals surface area contributed by atoms with E-state index < -0.39 is 17.8 Å². The van der Waals surface area contributed by atoms with Crippen molar-refractivity contribution in [3.63, 3.8) is 0 Å². The molecule has 1 unspecified atom stereocenters. The highest BCUT2D eigenvalue weighted by molar-refractivity contribution is 6.31. The van der Waals surface area contributed by atoms with Crippen LogP contribution in [0.4, 0.5) is 14.9 Å². The summed E-state index contributed by atoms with van der Waals surface area (Å²) >= 11 is 6.08. The number of hydrogen-bond donors (Lipinski definition) is 3. The van der Waals surface area contributed by atoms with E-state index in [9.17, 15) is 14.0 Å². The fourth-order valence-electron chi connectivity index (χ4n) is 2.19. The SMILES string of the molecule is C[NH+](CC(=O)NC(=O)Nc1ccccc1F)Cc1ccccc1Cl. The number of urea groups is 1. The Kier molecular flexibility index (Phi) is 6.28. The molecular formula is C17H18ClFN3O2+. The predicted molar refractivity (Wildman–Crippen MR) is 90.5 cm³/mol. The van der Waals surface area contributed by atoms with Gasteiger partial charge < -0.3 is 10.2 Å². The van der Waals surface area contributed by atoms with Gasteiger partial charge in [-0.3, -0.25) is 10.1 Å². The van der Waals surface area contributed by atoms with E-state index in [-0.39, 0.29) is 12.2 Å². The molecule has 24 heavy (non-hydrogen) atoms. The number of para-hydroxylation sites is 1. The Bertz CT molecular complexity index is 739. The first-order valence-electron chi connectivity index (χ1n) is 7.36. The standard InChI is InChI=1S/C17H17ClFN3O2/c1-22(10-12-6-2-3-7-13(12)18)11-16(23)21-17(24)20-15-9-5-4-8-14(15)19/h2-9H,10-11H2,1H3,(H2,20,21,23,24)/p+1. The summed E-state index contributed by atoms with van der Waals surface area (Å²) in [5, 5.41) is 5.11. The van der Waals surface area contributed by atoms with E-state index in [1.165, 1.54) is 18.2 Å². The number of quaternary nitrogens is 1. The normalized spacial score (nSPS) is 11.6. The van der Waals surface area contributed by atoms with Gasteiger partial charge in [0, 0.05) is 10.6 Å².